The lowest BCUT2D eigenvalue weighted by Crippen LogP contribution is -2.33. The van der Waals surface area contributed by atoms with Gasteiger partial charge in [-0.2, -0.15) is 0 Å². The zero-order chi connectivity index (χ0) is 13.4. The molecule has 0 fully saturated rings. The average molecular weight is 305 g/mol. The number of nitrogens with zero attached hydrogens (tertiary/aromatic N) is 1. The van der Waals surface area contributed by atoms with Crippen LogP contribution in [0.4, 0.5) is 0 Å². The second kappa shape index (κ2) is 10.2. The Labute approximate surface area is 126 Å². The van der Waals surface area contributed by atoms with Crippen LogP contribution in [0.2, 0.25) is 0 Å². The van der Waals surface area contributed by atoms with E-state index in [1.165, 1.54) is 29.7 Å². The van der Waals surface area contributed by atoms with Crippen LogP contribution in [0.3, 0.4) is 0 Å². The van der Waals surface area contributed by atoms with Crippen molar-refractivity contribution in [1.82, 2.24) is 10.2 Å². The molecule has 1 amide bonds. The maximum absolute atomic E-state index is 11.4. The minimum absolute atomic E-state index is 0. The van der Waals surface area contributed by atoms with Gasteiger partial charge in [-0.25, -0.2) is 0 Å². The van der Waals surface area contributed by atoms with Gasteiger partial charge in [-0.1, -0.05) is 13.3 Å². The zero-order valence-electron chi connectivity index (χ0n) is 12.1. The summed E-state index contributed by atoms with van der Waals surface area (Å²) in [6.07, 6.45) is 4.71. The minimum Gasteiger partial charge on any atom is -0.348 e. The van der Waals surface area contributed by atoms with E-state index in [0.717, 1.165) is 13.0 Å². The van der Waals surface area contributed by atoms with Crippen molar-refractivity contribution in [2.24, 2.45) is 0 Å². The number of rotatable bonds is 8. The molecule has 0 aliphatic carbocycles. The van der Waals surface area contributed by atoms with E-state index >= 15 is 0 Å². The minimum atomic E-state index is 0. The van der Waals surface area contributed by atoms with Gasteiger partial charge in [0.05, 0.1) is 6.54 Å². The normalized spacial score (nSPS) is 10.1. The van der Waals surface area contributed by atoms with Crippen LogP contribution in [-0.2, 0) is 17.6 Å². The molecular weight excluding hydrogens is 280 g/mol. The van der Waals surface area contributed by atoms with Crippen molar-refractivity contribution in [3.05, 3.63) is 21.9 Å². The van der Waals surface area contributed by atoms with Crippen LogP contribution >= 0.6 is 23.7 Å². The number of aryl methyl sites for hydroxylation is 1. The maximum atomic E-state index is 11.4. The Morgan fingerprint density at radius 2 is 2.11 bits per heavy atom. The van der Waals surface area contributed by atoms with Crippen LogP contribution in [-0.4, -0.2) is 38.0 Å². The Bertz CT molecular complexity index is 366. The van der Waals surface area contributed by atoms with Crippen molar-refractivity contribution in [3.8, 4) is 0 Å². The van der Waals surface area contributed by atoms with Crippen molar-refractivity contribution in [2.75, 3.05) is 27.2 Å². The third-order valence-corrected chi connectivity index (χ3v) is 3.96. The molecule has 0 aromatic carbocycles. The molecular formula is C14H25ClN2OS. The number of likely N-dealkylation sites (N-methyl/N-ethyl adjacent to an activating group) is 1. The number of hydrogen-bond acceptors (Lipinski definition) is 3. The third-order valence-electron chi connectivity index (χ3n) is 2.94. The number of unbranched alkanes of at least 4 members (excludes halogenated alkanes) is 1. The van der Waals surface area contributed by atoms with E-state index in [4.69, 9.17) is 0 Å². The lowest BCUT2D eigenvalue weighted by atomic mass is 10.1. The zero-order valence-corrected chi connectivity index (χ0v) is 13.7. The molecule has 19 heavy (non-hydrogen) atoms. The van der Waals surface area contributed by atoms with Gasteiger partial charge in [0.15, 0.2) is 0 Å². The molecule has 1 aromatic heterocycles. The molecule has 5 heteroatoms. The molecule has 1 N–H and O–H groups in total. The molecule has 0 bridgehead atoms. The molecule has 0 spiro atoms. The van der Waals surface area contributed by atoms with Gasteiger partial charge in [-0.05, 0) is 36.3 Å². The van der Waals surface area contributed by atoms with E-state index in [1.54, 1.807) is 19.0 Å². The van der Waals surface area contributed by atoms with Gasteiger partial charge in [0.25, 0.3) is 0 Å². The van der Waals surface area contributed by atoms with Crippen molar-refractivity contribution in [3.63, 3.8) is 0 Å². The number of hydrogen-bond donors (Lipinski definition) is 1. The van der Waals surface area contributed by atoms with Crippen molar-refractivity contribution < 1.29 is 4.79 Å². The first-order valence-corrected chi connectivity index (χ1v) is 7.49. The van der Waals surface area contributed by atoms with Crippen molar-refractivity contribution in [1.29, 1.82) is 0 Å². The van der Waals surface area contributed by atoms with Gasteiger partial charge >= 0.3 is 0 Å². The smallest absolute Gasteiger partial charge is 0.236 e. The Morgan fingerprint density at radius 3 is 2.74 bits per heavy atom. The highest BCUT2D eigenvalue weighted by Crippen LogP contribution is 2.19. The lowest BCUT2D eigenvalue weighted by molar-refractivity contribution is -0.127. The Balaban J connectivity index is 0.00000324. The number of amides is 1. The number of halogens is 1. The molecule has 1 aromatic rings. The monoisotopic (exact) mass is 304 g/mol. The maximum Gasteiger partial charge on any atom is 0.236 e. The first-order chi connectivity index (χ1) is 8.65. The molecule has 0 radical (unpaired) electrons. The molecule has 0 saturated carbocycles. The topological polar surface area (TPSA) is 32.3 Å². The van der Waals surface area contributed by atoms with Crippen LogP contribution in [0, 0.1) is 0 Å². The second-order valence-electron chi connectivity index (χ2n) is 4.69. The number of carbonyl (C=O) groups excluding carboxylic acids is 1. The molecule has 0 aliphatic heterocycles. The summed E-state index contributed by atoms with van der Waals surface area (Å²) in [6.45, 7) is 3.53. The largest absolute Gasteiger partial charge is 0.348 e. The Hall–Kier alpha value is -0.580. The molecule has 0 aliphatic rings. The van der Waals surface area contributed by atoms with E-state index in [9.17, 15) is 4.79 Å². The van der Waals surface area contributed by atoms with Crippen LogP contribution < -0.4 is 5.32 Å². The van der Waals surface area contributed by atoms with Crippen LogP contribution in [0.1, 0.15) is 30.2 Å². The van der Waals surface area contributed by atoms with Crippen molar-refractivity contribution in [2.45, 2.75) is 32.6 Å². The average Bonchev–Trinajstić information content (AvgIpc) is 2.79. The first-order valence-electron chi connectivity index (χ1n) is 6.61. The summed E-state index contributed by atoms with van der Waals surface area (Å²) in [5.41, 5.74) is 1.49. The quantitative estimate of drug-likeness (QED) is 0.749. The van der Waals surface area contributed by atoms with Crippen LogP contribution in [0.5, 0.6) is 0 Å². The van der Waals surface area contributed by atoms with E-state index in [1.807, 2.05) is 11.3 Å². The number of carbonyl (C=O) groups is 1. The summed E-state index contributed by atoms with van der Waals surface area (Å²) in [6, 6.07) is 2.24. The van der Waals surface area contributed by atoms with E-state index in [-0.39, 0.29) is 18.3 Å². The highest BCUT2D eigenvalue weighted by molar-refractivity contribution is 7.10. The van der Waals surface area contributed by atoms with Gasteiger partial charge < -0.3 is 10.2 Å². The lowest BCUT2D eigenvalue weighted by Gasteiger charge is -2.10. The molecule has 1 rings (SSSR count). The van der Waals surface area contributed by atoms with Gasteiger partial charge in [-0.15, -0.1) is 23.7 Å². The Morgan fingerprint density at radius 1 is 1.37 bits per heavy atom. The summed E-state index contributed by atoms with van der Waals surface area (Å²) >= 11 is 1.83. The highest BCUT2D eigenvalue weighted by Gasteiger charge is 2.05. The van der Waals surface area contributed by atoms with Gasteiger partial charge in [0.1, 0.15) is 0 Å². The summed E-state index contributed by atoms with van der Waals surface area (Å²) in [4.78, 5) is 14.5. The standard InChI is InChI=1S/C14H24N2OS.ClH/c1-4-5-6-12-8-10-18-13(12)7-9-15-11-14(17)16(2)3;/h8,10,15H,4-7,9,11H2,1-3H3;1H. The summed E-state index contributed by atoms with van der Waals surface area (Å²) < 4.78 is 0. The molecule has 110 valence electrons. The fourth-order valence-corrected chi connectivity index (χ4v) is 2.67. The van der Waals surface area contributed by atoms with Gasteiger partial charge in [-0.3, -0.25) is 4.79 Å². The predicted octanol–water partition coefficient (Wildman–Crippen LogP) is 2.73. The molecule has 1 heterocycles. The van der Waals surface area contributed by atoms with E-state index in [0.29, 0.717) is 6.54 Å². The summed E-state index contributed by atoms with van der Waals surface area (Å²) in [5.74, 6) is 0.132. The summed E-state index contributed by atoms with van der Waals surface area (Å²) in [7, 11) is 3.57. The fraction of sp³-hybridized carbons (Fsp3) is 0.643. The van der Waals surface area contributed by atoms with Crippen molar-refractivity contribution >= 4 is 29.7 Å². The van der Waals surface area contributed by atoms with E-state index in [2.05, 4.69) is 23.7 Å². The second-order valence-corrected chi connectivity index (χ2v) is 5.69. The SMILES string of the molecule is CCCCc1ccsc1CCNCC(=O)N(C)C.Cl. The first kappa shape index (κ1) is 18.4. The fourth-order valence-electron chi connectivity index (χ4n) is 1.73. The van der Waals surface area contributed by atoms with E-state index < -0.39 is 0 Å². The van der Waals surface area contributed by atoms with Gasteiger partial charge in [0.2, 0.25) is 5.91 Å². The van der Waals surface area contributed by atoms with Crippen LogP contribution in [0.25, 0.3) is 0 Å². The molecule has 0 unspecified atom stereocenters. The highest BCUT2D eigenvalue weighted by atomic mass is 35.5. The molecule has 3 nitrogen and oxygen atoms in total. The third kappa shape index (κ3) is 6.95. The molecule has 0 atom stereocenters. The number of thiophene rings is 1. The molecule has 0 saturated heterocycles. The van der Waals surface area contributed by atoms with Gasteiger partial charge in [0, 0.05) is 25.5 Å². The predicted molar refractivity (Wildman–Crippen MR) is 85.4 cm³/mol. The number of nitrogens with one attached hydrogen (secondary N) is 1. The van der Waals surface area contributed by atoms with Crippen LogP contribution in [0.15, 0.2) is 11.4 Å². The Kier molecular flexibility index (Phi) is 9.92. The summed E-state index contributed by atoms with van der Waals surface area (Å²) in [5, 5.41) is 5.38.